The molecule has 2 N–H and O–H groups in total. The van der Waals surface area contributed by atoms with E-state index in [2.05, 4.69) is 4.98 Å². The molecule has 2 aromatic rings. The van der Waals surface area contributed by atoms with E-state index < -0.39 is 0 Å². The highest BCUT2D eigenvalue weighted by Crippen LogP contribution is 2.33. The maximum absolute atomic E-state index is 12.1. The molecular weight excluding hydrogens is 242 g/mol. The van der Waals surface area contributed by atoms with Crippen LogP contribution < -0.4 is 10.6 Å². The first-order valence-electron chi connectivity index (χ1n) is 6.09. The number of imide groups is 1. The third-order valence-electron chi connectivity index (χ3n) is 3.39. The number of pyridine rings is 1. The van der Waals surface area contributed by atoms with Crippen molar-refractivity contribution in [3.8, 4) is 0 Å². The van der Waals surface area contributed by atoms with Gasteiger partial charge >= 0.3 is 0 Å². The molecule has 1 aliphatic heterocycles. The Morgan fingerprint density at radius 2 is 2.11 bits per heavy atom. The molecule has 5 nitrogen and oxygen atoms in total. The fourth-order valence-corrected chi connectivity index (χ4v) is 2.41. The van der Waals surface area contributed by atoms with Crippen LogP contribution in [0.3, 0.4) is 0 Å². The van der Waals surface area contributed by atoms with Gasteiger partial charge in [0.2, 0.25) is 11.8 Å². The third kappa shape index (κ3) is 1.66. The zero-order valence-corrected chi connectivity index (χ0v) is 10.5. The van der Waals surface area contributed by atoms with E-state index in [-0.39, 0.29) is 24.2 Å². The molecular formula is C14H13N3O2. The number of hydrogen-bond acceptors (Lipinski definition) is 4. The zero-order chi connectivity index (χ0) is 13.6. The molecule has 1 fully saturated rings. The van der Waals surface area contributed by atoms with Gasteiger partial charge in [-0.1, -0.05) is 6.92 Å². The normalized spacial score (nSPS) is 19.4. The molecule has 1 atom stereocenters. The minimum Gasteiger partial charge on any atom is -0.397 e. The summed E-state index contributed by atoms with van der Waals surface area (Å²) in [5.74, 6) is -0.607. The molecule has 0 saturated carbocycles. The molecule has 5 heteroatoms. The lowest BCUT2D eigenvalue weighted by atomic mass is 10.1. The van der Waals surface area contributed by atoms with E-state index in [4.69, 9.17) is 5.73 Å². The number of aromatic nitrogens is 1. The van der Waals surface area contributed by atoms with Gasteiger partial charge in [-0.05, 0) is 24.3 Å². The Balaban J connectivity index is 2.24. The maximum Gasteiger partial charge on any atom is 0.237 e. The number of amides is 2. The largest absolute Gasteiger partial charge is 0.397 e. The lowest BCUT2D eigenvalue weighted by molar-refractivity contribution is -0.122. The summed E-state index contributed by atoms with van der Waals surface area (Å²) in [6, 6.07) is 6.96. The number of rotatable bonds is 1. The van der Waals surface area contributed by atoms with Crippen molar-refractivity contribution in [1.29, 1.82) is 0 Å². The van der Waals surface area contributed by atoms with E-state index in [0.717, 1.165) is 5.39 Å². The highest BCUT2D eigenvalue weighted by molar-refractivity contribution is 6.24. The van der Waals surface area contributed by atoms with Crippen LogP contribution in [0.15, 0.2) is 30.5 Å². The molecule has 1 unspecified atom stereocenters. The standard InChI is InChI=1S/C14H13N3O2/c1-8-7-12(18)17(14(8)19)11-5-4-10(15)13-9(11)3-2-6-16-13/h2-6,8H,7,15H2,1H3. The molecule has 0 aliphatic carbocycles. The van der Waals surface area contributed by atoms with Gasteiger partial charge < -0.3 is 5.73 Å². The van der Waals surface area contributed by atoms with Gasteiger partial charge in [0, 0.05) is 23.9 Å². The van der Waals surface area contributed by atoms with Crippen LogP contribution in [0.1, 0.15) is 13.3 Å². The molecule has 1 aliphatic rings. The van der Waals surface area contributed by atoms with Crippen molar-refractivity contribution >= 4 is 34.1 Å². The number of hydrogen-bond donors (Lipinski definition) is 1. The first-order valence-corrected chi connectivity index (χ1v) is 6.09. The number of nitrogen functional groups attached to an aromatic ring is 1. The first kappa shape index (κ1) is 11.6. The molecule has 0 bridgehead atoms. The van der Waals surface area contributed by atoms with Gasteiger partial charge in [-0.2, -0.15) is 0 Å². The number of fused-ring (bicyclic) bond motifs is 1. The van der Waals surface area contributed by atoms with E-state index in [1.54, 1.807) is 31.3 Å². The molecule has 0 spiro atoms. The number of nitrogens with two attached hydrogens (primary N) is 1. The summed E-state index contributed by atoms with van der Waals surface area (Å²) in [5, 5.41) is 0.721. The van der Waals surface area contributed by atoms with Crippen LogP contribution in [-0.4, -0.2) is 16.8 Å². The van der Waals surface area contributed by atoms with E-state index in [1.165, 1.54) is 4.90 Å². The third-order valence-corrected chi connectivity index (χ3v) is 3.39. The Labute approximate surface area is 110 Å². The Kier molecular flexibility index (Phi) is 2.48. The van der Waals surface area contributed by atoms with Gasteiger partial charge in [0.05, 0.1) is 16.9 Å². The SMILES string of the molecule is CC1CC(=O)N(c2ccc(N)c3ncccc23)C1=O. The van der Waals surface area contributed by atoms with E-state index in [9.17, 15) is 9.59 Å². The van der Waals surface area contributed by atoms with Gasteiger partial charge in [0.1, 0.15) is 0 Å². The number of benzene rings is 1. The Morgan fingerprint density at radius 3 is 2.79 bits per heavy atom. The second kappa shape index (κ2) is 4.05. The lowest BCUT2D eigenvalue weighted by Gasteiger charge is -2.17. The lowest BCUT2D eigenvalue weighted by Crippen LogP contribution is -2.30. The summed E-state index contributed by atoms with van der Waals surface area (Å²) >= 11 is 0. The molecule has 1 saturated heterocycles. The molecule has 0 radical (unpaired) electrons. The fraction of sp³-hybridized carbons (Fsp3) is 0.214. The van der Waals surface area contributed by atoms with E-state index >= 15 is 0 Å². The fourth-order valence-electron chi connectivity index (χ4n) is 2.41. The van der Waals surface area contributed by atoms with Gasteiger partial charge in [0.15, 0.2) is 0 Å². The van der Waals surface area contributed by atoms with E-state index in [1.807, 2.05) is 6.07 Å². The Bertz CT molecular complexity index is 696. The van der Waals surface area contributed by atoms with E-state index in [0.29, 0.717) is 16.9 Å². The molecule has 19 heavy (non-hydrogen) atoms. The Hall–Kier alpha value is -2.43. The van der Waals surface area contributed by atoms with Crippen LogP contribution in [0.4, 0.5) is 11.4 Å². The summed E-state index contributed by atoms with van der Waals surface area (Å²) in [6.45, 7) is 1.76. The van der Waals surface area contributed by atoms with Crippen LogP contribution in [0.5, 0.6) is 0 Å². The highest BCUT2D eigenvalue weighted by Gasteiger charge is 2.37. The summed E-state index contributed by atoms with van der Waals surface area (Å²) in [6.07, 6.45) is 1.89. The average molecular weight is 255 g/mol. The number of carbonyl (C=O) groups is 2. The molecule has 2 amide bonds. The van der Waals surface area contributed by atoms with Gasteiger partial charge in [-0.3, -0.25) is 14.6 Å². The number of carbonyl (C=O) groups excluding carboxylic acids is 2. The molecule has 1 aromatic heterocycles. The summed E-state index contributed by atoms with van der Waals surface area (Å²) in [4.78, 5) is 29.5. The summed E-state index contributed by atoms with van der Waals surface area (Å²) < 4.78 is 0. The second-order valence-electron chi connectivity index (χ2n) is 4.75. The number of nitrogens with zero attached hydrogens (tertiary/aromatic N) is 2. The zero-order valence-electron chi connectivity index (χ0n) is 10.5. The highest BCUT2D eigenvalue weighted by atomic mass is 16.2. The second-order valence-corrected chi connectivity index (χ2v) is 4.75. The van der Waals surface area contributed by atoms with Crippen molar-refractivity contribution < 1.29 is 9.59 Å². The topological polar surface area (TPSA) is 76.3 Å². The summed E-state index contributed by atoms with van der Waals surface area (Å²) in [5.41, 5.74) is 7.58. The maximum atomic E-state index is 12.1. The van der Waals surface area contributed by atoms with Gasteiger partial charge in [0.25, 0.3) is 0 Å². The van der Waals surface area contributed by atoms with Gasteiger partial charge in [-0.25, -0.2) is 4.90 Å². The summed E-state index contributed by atoms with van der Waals surface area (Å²) in [7, 11) is 0. The van der Waals surface area contributed by atoms with Crippen molar-refractivity contribution in [2.24, 2.45) is 5.92 Å². The predicted octanol–water partition coefficient (Wildman–Crippen LogP) is 1.72. The molecule has 1 aromatic carbocycles. The quantitative estimate of drug-likeness (QED) is 0.621. The van der Waals surface area contributed by atoms with Crippen LogP contribution in [0.25, 0.3) is 10.9 Å². The minimum atomic E-state index is -0.267. The van der Waals surface area contributed by atoms with Crippen LogP contribution in [0.2, 0.25) is 0 Å². The van der Waals surface area contributed by atoms with Crippen LogP contribution in [-0.2, 0) is 9.59 Å². The van der Waals surface area contributed by atoms with Crippen LogP contribution in [0, 0.1) is 5.92 Å². The predicted molar refractivity (Wildman–Crippen MR) is 72.4 cm³/mol. The monoisotopic (exact) mass is 255 g/mol. The van der Waals surface area contributed by atoms with Crippen LogP contribution >= 0.6 is 0 Å². The first-order chi connectivity index (χ1) is 9.09. The van der Waals surface area contributed by atoms with Crippen molar-refractivity contribution in [2.45, 2.75) is 13.3 Å². The van der Waals surface area contributed by atoms with Crippen molar-refractivity contribution in [2.75, 3.05) is 10.6 Å². The molecule has 3 rings (SSSR count). The van der Waals surface area contributed by atoms with Crippen molar-refractivity contribution in [3.05, 3.63) is 30.5 Å². The molecule has 96 valence electrons. The van der Waals surface area contributed by atoms with Crippen molar-refractivity contribution in [1.82, 2.24) is 4.98 Å². The number of anilines is 2. The average Bonchev–Trinajstić information content (AvgIpc) is 2.65. The molecule has 2 heterocycles. The minimum absolute atomic E-state index is 0.167. The Morgan fingerprint density at radius 1 is 1.32 bits per heavy atom. The van der Waals surface area contributed by atoms with Gasteiger partial charge in [-0.15, -0.1) is 0 Å². The van der Waals surface area contributed by atoms with Crippen molar-refractivity contribution in [3.63, 3.8) is 0 Å². The smallest absolute Gasteiger partial charge is 0.237 e.